The van der Waals surface area contributed by atoms with Crippen LogP contribution in [-0.4, -0.2) is 36.9 Å². The summed E-state index contributed by atoms with van der Waals surface area (Å²) < 4.78 is 10.6. The number of nitrogens with zero attached hydrogens (tertiary/aromatic N) is 1. The van der Waals surface area contributed by atoms with E-state index in [1.807, 2.05) is 49.1 Å². The van der Waals surface area contributed by atoms with Crippen molar-refractivity contribution in [2.45, 2.75) is 39.5 Å². The van der Waals surface area contributed by atoms with E-state index in [9.17, 15) is 9.59 Å². The summed E-state index contributed by atoms with van der Waals surface area (Å²) >= 11 is 0. The van der Waals surface area contributed by atoms with Gasteiger partial charge in [-0.1, -0.05) is 6.07 Å². The van der Waals surface area contributed by atoms with E-state index in [-0.39, 0.29) is 11.8 Å². The predicted octanol–water partition coefficient (Wildman–Crippen LogP) is 4.18. The highest BCUT2D eigenvalue weighted by Gasteiger charge is 2.26. The molecule has 1 aliphatic rings. The molecule has 0 saturated carbocycles. The number of nitrogens with one attached hydrogen (secondary N) is 1. The molecule has 0 radical (unpaired) electrons. The van der Waals surface area contributed by atoms with Gasteiger partial charge < -0.3 is 19.4 Å². The zero-order valence-electron chi connectivity index (χ0n) is 16.8. The Morgan fingerprint density at radius 1 is 1.21 bits per heavy atom. The van der Waals surface area contributed by atoms with Gasteiger partial charge in [0.15, 0.2) is 0 Å². The van der Waals surface area contributed by atoms with Gasteiger partial charge in [-0.3, -0.25) is 9.59 Å². The molecule has 3 rings (SSSR count). The van der Waals surface area contributed by atoms with Crippen LogP contribution in [0.5, 0.6) is 5.75 Å². The first-order valence-electron chi connectivity index (χ1n) is 9.76. The molecule has 0 atom stereocenters. The predicted molar refractivity (Wildman–Crippen MR) is 108 cm³/mol. The second-order valence-corrected chi connectivity index (χ2v) is 7.38. The average Bonchev–Trinajstić information content (AvgIpc) is 3.04. The average molecular weight is 384 g/mol. The normalized spacial score (nSPS) is 14.8. The Kier molecular flexibility index (Phi) is 6.39. The fourth-order valence-corrected chi connectivity index (χ4v) is 3.70. The minimum Gasteiger partial charge on any atom is -0.497 e. The highest BCUT2D eigenvalue weighted by molar-refractivity contribution is 5.95. The van der Waals surface area contributed by atoms with Gasteiger partial charge in [-0.15, -0.1) is 0 Å². The second kappa shape index (κ2) is 8.95. The molecule has 1 saturated heterocycles. The number of hydrogen-bond donors (Lipinski definition) is 1. The zero-order chi connectivity index (χ0) is 20.1. The summed E-state index contributed by atoms with van der Waals surface area (Å²) in [5.74, 6) is 2.68. The molecule has 0 aliphatic carbocycles. The summed E-state index contributed by atoms with van der Waals surface area (Å²) in [6, 6.07) is 9.17. The molecule has 0 unspecified atom stereocenters. The summed E-state index contributed by atoms with van der Waals surface area (Å²) in [6.07, 6.45) is 3.17. The third-order valence-corrected chi connectivity index (χ3v) is 5.31. The van der Waals surface area contributed by atoms with Crippen LogP contribution in [0.2, 0.25) is 0 Å². The molecule has 1 aromatic heterocycles. The standard InChI is InChI=1S/C22H28N2O4/c1-15-13-20(16(2)28-15)22(26)24-11-9-17(10-12-24)7-8-21(25)23-18-5-4-6-19(14-18)27-3/h4-6,13-14,17H,7-12H2,1-3H3,(H,23,25). The van der Waals surface area contributed by atoms with Crippen LogP contribution in [0.1, 0.15) is 47.6 Å². The molecule has 2 heterocycles. The van der Waals surface area contributed by atoms with Crippen LogP contribution in [0.3, 0.4) is 0 Å². The van der Waals surface area contributed by atoms with Crippen LogP contribution in [0.15, 0.2) is 34.7 Å². The molecule has 150 valence electrons. The van der Waals surface area contributed by atoms with E-state index < -0.39 is 0 Å². The summed E-state index contributed by atoms with van der Waals surface area (Å²) in [5, 5.41) is 2.92. The molecule has 1 aliphatic heterocycles. The number of ether oxygens (including phenoxy) is 1. The lowest BCUT2D eigenvalue weighted by atomic mass is 9.91. The number of hydrogen-bond acceptors (Lipinski definition) is 4. The number of aryl methyl sites for hydroxylation is 2. The zero-order valence-corrected chi connectivity index (χ0v) is 16.8. The first-order valence-corrected chi connectivity index (χ1v) is 9.76. The lowest BCUT2D eigenvalue weighted by Crippen LogP contribution is -2.38. The maximum atomic E-state index is 12.7. The van der Waals surface area contributed by atoms with Gasteiger partial charge in [-0.25, -0.2) is 0 Å². The third kappa shape index (κ3) is 4.94. The molecule has 0 spiro atoms. The van der Waals surface area contributed by atoms with E-state index in [4.69, 9.17) is 9.15 Å². The van der Waals surface area contributed by atoms with E-state index >= 15 is 0 Å². The molecule has 0 bridgehead atoms. The minimum atomic E-state index is 0.0104. The van der Waals surface area contributed by atoms with Crippen molar-refractivity contribution in [1.82, 2.24) is 4.90 Å². The van der Waals surface area contributed by atoms with Gasteiger partial charge in [0.25, 0.3) is 5.91 Å². The maximum absolute atomic E-state index is 12.7. The van der Waals surface area contributed by atoms with Crippen LogP contribution >= 0.6 is 0 Å². The molecule has 6 heteroatoms. The van der Waals surface area contributed by atoms with Crippen LogP contribution in [-0.2, 0) is 4.79 Å². The van der Waals surface area contributed by atoms with Gasteiger partial charge in [0.1, 0.15) is 17.3 Å². The molecule has 2 aromatic rings. The number of piperidine rings is 1. The monoisotopic (exact) mass is 384 g/mol. The van der Waals surface area contributed by atoms with Crippen LogP contribution in [0, 0.1) is 19.8 Å². The van der Waals surface area contributed by atoms with Crippen molar-refractivity contribution < 1.29 is 18.7 Å². The Morgan fingerprint density at radius 3 is 2.61 bits per heavy atom. The number of anilines is 1. The van der Waals surface area contributed by atoms with E-state index in [1.165, 1.54) is 0 Å². The van der Waals surface area contributed by atoms with Crippen molar-refractivity contribution in [2.24, 2.45) is 5.92 Å². The van der Waals surface area contributed by atoms with Crippen molar-refractivity contribution in [2.75, 3.05) is 25.5 Å². The third-order valence-electron chi connectivity index (χ3n) is 5.31. The Labute approximate surface area is 165 Å². The summed E-state index contributed by atoms with van der Waals surface area (Å²) in [6.45, 7) is 5.13. The van der Waals surface area contributed by atoms with E-state index in [2.05, 4.69) is 5.32 Å². The number of amides is 2. The topological polar surface area (TPSA) is 71.8 Å². The molecular weight excluding hydrogens is 356 g/mol. The van der Waals surface area contributed by atoms with E-state index in [1.54, 1.807) is 7.11 Å². The Hall–Kier alpha value is -2.76. The number of carbonyl (C=O) groups excluding carboxylic acids is 2. The fourth-order valence-electron chi connectivity index (χ4n) is 3.70. The Morgan fingerprint density at radius 2 is 1.96 bits per heavy atom. The smallest absolute Gasteiger partial charge is 0.257 e. The Bertz CT molecular complexity index is 835. The number of methoxy groups -OCH3 is 1. The first kappa shape index (κ1) is 20.0. The Balaban J connectivity index is 1.43. The van der Waals surface area contributed by atoms with Crippen molar-refractivity contribution in [1.29, 1.82) is 0 Å². The summed E-state index contributed by atoms with van der Waals surface area (Å²) in [5.41, 5.74) is 1.41. The van der Waals surface area contributed by atoms with Gasteiger partial charge in [0.05, 0.1) is 12.7 Å². The molecule has 1 aromatic carbocycles. The SMILES string of the molecule is COc1cccc(NC(=O)CCC2CCN(C(=O)c3cc(C)oc3C)CC2)c1. The largest absolute Gasteiger partial charge is 0.497 e. The van der Waals surface area contributed by atoms with Crippen molar-refractivity contribution in [3.63, 3.8) is 0 Å². The molecule has 28 heavy (non-hydrogen) atoms. The molecule has 1 fully saturated rings. The van der Waals surface area contributed by atoms with Crippen LogP contribution in [0.25, 0.3) is 0 Å². The number of carbonyl (C=O) groups is 2. The van der Waals surface area contributed by atoms with Crippen molar-refractivity contribution in [3.05, 3.63) is 47.4 Å². The molecule has 2 amide bonds. The van der Waals surface area contributed by atoms with Gasteiger partial charge in [0.2, 0.25) is 5.91 Å². The van der Waals surface area contributed by atoms with Gasteiger partial charge in [-0.2, -0.15) is 0 Å². The van der Waals surface area contributed by atoms with E-state index in [0.717, 1.165) is 49.5 Å². The summed E-state index contributed by atoms with van der Waals surface area (Å²) in [4.78, 5) is 26.8. The lowest BCUT2D eigenvalue weighted by Gasteiger charge is -2.31. The van der Waals surface area contributed by atoms with E-state index in [0.29, 0.717) is 23.7 Å². The first-order chi connectivity index (χ1) is 13.5. The van der Waals surface area contributed by atoms with Crippen molar-refractivity contribution in [3.8, 4) is 5.75 Å². The maximum Gasteiger partial charge on any atom is 0.257 e. The quantitative estimate of drug-likeness (QED) is 0.811. The van der Waals surface area contributed by atoms with Gasteiger partial charge >= 0.3 is 0 Å². The van der Waals surface area contributed by atoms with Gasteiger partial charge in [0, 0.05) is 31.3 Å². The molecule has 6 nitrogen and oxygen atoms in total. The van der Waals surface area contributed by atoms with Crippen LogP contribution < -0.4 is 10.1 Å². The van der Waals surface area contributed by atoms with Crippen molar-refractivity contribution >= 4 is 17.5 Å². The number of likely N-dealkylation sites (tertiary alicyclic amines) is 1. The number of benzene rings is 1. The fraction of sp³-hybridized carbons (Fsp3) is 0.455. The minimum absolute atomic E-state index is 0.0104. The molecular formula is C22H28N2O4. The van der Waals surface area contributed by atoms with Gasteiger partial charge in [-0.05, 0) is 57.2 Å². The molecule has 1 N–H and O–H groups in total. The lowest BCUT2D eigenvalue weighted by molar-refractivity contribution is -0.116. The highest BCUT2D eigenvalue weighted by atomic mass is 16.5. The van der Waals surface area contributed by atoms with Crippen LogP contribution in [0.4, 0.5) is 5.69 Å². The summed E-state index contributed by atoms with van der Waals surface area (Å²) in [7, 11) is 1.60. The number of furan rings is 1. The highest BCUT2D eigenvalue weighted by Crippen LogP contribution is 2.25. The second-order valence-electron chi connectivity index (χ2n) is 7.38. The number of rotatable bonds is 6.